The summed E-state index contributed by atoms with van der Waals surface area (Å²) in [5.74, 6) is 12.0. The number of carbonyl (C=O) groups excluding carboxylic acids is 1. The predicted molar refractivity (Wildman–Crippen MR) is 140 cm³/mol. The van der Waals surface area contributed by atoms with E-state index in [0.29, 0.717) is 0 Å². The Hall–Kier alpha value is -1.98. The lowest BCUT2D eigenvalue weighted by Gasteiger charge is -2.17. The molecule has 0 radical (unpaired) electrons. The number of hydrogen-bond donors (Lipinski definition) is 3. The van der Waals surface area contributed by atoms with Crippen LogP contribution in [-0.2, 0) is 4.79 Å². The Morgan fingerprint density at radius 1 is 1.34 bits per heavy atom. The van der Waals surface area contributed by atoms with Gasteiger partial charge in [0, 0.05) is 30.4 Å². The molecule has 32 heavy (non-hydrogen) atoms. The van der Waals surface area contributed by atoms with Crippen molar-refractivity contribution in [2.24, 2.45) is 11.8 Å². The standard InChI is InChI=1S/C13H21N3O.C6H13N.C3H3NS.C3H8/c1-3-5-10-16(12-17)11-7-6-9-13(15-14)8-4-2;1-6-2-4-7-5-3-6;1-2-5-3-4-1;1-3-2/h4,7-8,11-13,15H,3,5,10,14H2,1-2H3;6-7H,2-5H2,1H3;1-3H;3H2,1-2H3/b8-4-,11-7+;;;. The molecule has 0 aliphatic carbocycles. The Labute approximate surface area is 200 Å². The second kappa shape index (κ2) is 27.1. The van der Waals surface area contributed by atoms with E-state index in [9.17, 15) is 4.79 Å². The van der Waals surface area contributed by atoms with Crippen molar-refractivity contribution in [3.8, 4) is 11.8 Å². The Bertz CT molecular complexity index is 584. The lowest BCUT2D eigenvalue weighted by Crippen LogP contribution is -2.32. The Balaban J connectivity index is 0. The number of hydrazine groups is 1. The van der Waals surface area contributed by atoms with E-state index in [-0.39, 0.29) is 6.04 Å². The molecule has 2 heterocycles. The van der Waals surface area contributed by atoms with Gasteiger partial charge < -0.3 is 10.2 Å². The molecule has 1 amide bonds. The summed E-state index contributed by atoms with van der Waals surface area (Å²) in [6.07, 6.45) is 15.7. The molecule has 4 N–H and O–H groups in total. The topological polar surface area (TPSA) is 83.3 Å². The molecule has 1 unspecified atom stereocenters. The monoisotopic (exact) mass is 463 g/mol. The van der Waals surface area contributed by atoms with Gasteiger partial charge in [-0.15, -0.1) is 11.3 Å². The van der Waals surface area contributed by atoms with Crippen molar-refractivity contribution in [1.82, 2.24) is 20.6 Å². The van der Waals surface area contributed by atoms with Crippen LogP contribution in [0.4, 0.5) is 0 Å². The van der Waals surface area contributed by atoms with Gasteiger partial charge in [-0.3, -0.25) is 15.6 Å². The van der Waals surface area contributed by atoms with E-state index in [4.69, 9.17) is 5.84 Å². The number of allylic oxidation sites excluding steroid dienone is 2. The van der Waals surface area contributed by atoms with E-state index in [1.165, 1.54) is 32.4 Å². The van der Waals surface area contributed by atoms with Crippen LogP contribution in [0, 0.1) is 17.8 Å². The zero-order valence-corrected chi connectivity index (χ0v) is 21.5. The molecule has 7 heteroatoms. The van der Waals surface area contributed by atoms with Gasteiger partial charge in [0.25, 0.3) is 0 Å². The minimum Gasteiger partial charge on any atom is -0.321 e. The molecule has 1 aliphatic heterocycles. The largest absolute Gasteiger partial charge is 0.321 e. The highest BCUT2D eigenvalue weighted by atomic mass is 32.1. The van der Waals surface area contributed by atoms with Gasteiger partial charge in [0.2, 0.25) is 6.41 Å². The van der Waals surface area contributed by atoms with E-state index in [2.05, 4.69) is 55.3 Å². The first-order valence-electron chi connectivity index (χ1n) is 11.6. The average Bonchev–Trinajstić information content (AvgIpc) is 3.40. The summed E-state index contributed by atoms with van der Waals surface area (Å²) in [6, 6.07) is -0.162. The summed E-state index contributed by atoms with van der Waals surface area (Å²) in [5.41, 5.74) is 4.35. The van der Waals surface area contributed by atoms with Crippen molar-refractivity contribution in [3.05, 3.63) is 41.5 Å². The zero-order valence-electron chi connectivity index (χ0n) is 20.7. The first-order chi connectivity index (χ1) is 15.6. The molecule has 1 atom stereocenters. The van der Waals surface area contributed by atoms with Crippen LogP contribution in [0.2, 0.25) is 0 Å². The molecule has 6 nitrogen and oxygen atoms in total. The SMILES string of the molecule is C/C=C\C(C#C/C=C/N(C=O)CCCC)NN.CC1CCNCC1.CCC.c1cscn1. The minimum atomic E-state index is -0.162. The van der Waals surface area contributed by atoms with Crippen LogP contribution >= 0.6 is 11.3 Å². The smallest absolute Gasteiger partial charge is 0.213 e. The van der Waals surface area contributed by atoms with Crippen molar-refractivity contribution in [1.29, 1.82) is 0 Å². The summed E-state index contributed by atoms with van der Waals surface area (Å²) in [4.78, 5) is 16.0. The first kappa shape index (κ1) is 32.2. The van der Waals surface area contributed by atoms with E-state index in [1.54, 1.807) is 40.2 Å². The van der Waals surface area contributed by atoms with Crippen molar-refractivity contribution >= 4 is 17.7 Å². The molecule has 1 aromatic rings. The van der Waals surface area contributed by atoms with E-state index >= 15 is 0 Å². The highest BCUT2D eigenvalue weighted by molar-refractivity contribution is 7.07. The third-order valence-corrected chi connectivity index (χ3v) is 4.56. The Morgan fingerprint density at radius 3 is 2.41 bits per heavy atom. The Kier molecular flexibility index (Phi) is 27.2. The van der Waals surface area contributed by atoms with Crippen LogP contribution in [-0.4, -0.2) is 42.0 Å². The average molecular weight is 464 g/mol. The Morgan fingerprint density at radius 2 is 2.03 bits per heavy atom. The van der Waals surface area contributed by atoms with Crippen molar-refractivity contribution < 1.29 is 4.79 Å². The summed E-state index contributed by atoms with van der Waals surface area (Å²) >= 11 is 1.60. The van der Waals surface area contributed by atoms with Crippen LogP contribution < -0.4 is 16.6 Å². The fourth-order valence-electron chi connectivity index (χ4n) is 2.25. The zero-order chi connectivity index (χ0) is 24.3. The number of thiazole rings is 1. The highest BCUT2D eigenvalue weighted by Crippen LogP contribution is 2.08. The van der Waals surface area contributed by atoms with Gasteiger partial charge in [0.05, 0.1) is 5.51 Å². The van der Waals surface area contributed by atoms with Gasteiger partial charge in [-0.1, -0.05) is 64.5 Å². The molecule has 1 fully saturated rings. The molecule has 0 spiro atoms. The van der Waals surface area contributed by atoms with Crippen LogP contribution in [0.1, 0.15) is 66.7 Å². The van der Waals surface area contributed by atoms with E-state index < -0.39 is 0 Å². The molecule has 1 saturated heterocycles. The molecule has 182 valence electrons. The molecule has 0 saturated carbocycles. The number of aromatic nitrogens is 1. The van der Waals surface area contributed by atoms with Gasteiger partial charge in [-0.2, -0.15) is 0 Å². The molecule has 0 aromatic carbocycles. The van der Waals surface area contributed by atoms with E-state index in [0.717, 1.165) is 31.7 Å². The van der Waals surface area contributed by atoms with Crippen molar-refractivity contribution in [3.63, 3.8) is 0 Å². The summed E-state index contributed by atoms with van der Waals surface area (Å²) < 4.78 is 0. The molecule has 1 aromatic heterocycles. The van der Waals surface area contributed by atoms with Gasteiger partial charge in [0.15, 0.2) is 0 Å². The number of amides is 1. The second-order valence-corrected chi connectivity index (χ2v) is 8.04. The quantitative estimate of drug-likeness (QED) is 0.179. The van der Waals surface area contributed by atoms with Crippen LogP contribution in [0.25, 0.3) is 0 Å². The molecule has 2 rings (SSSR count). The number of unbranched alkanes of at least 4 members (excludes halogenated alkanes) is 1. The van der Waals surface area contributed by atoms with Gasteiger partial charge in [-0.25, -0.2) is 5.43 Å². The number of carbonyl (C=O) groups is 1. The number of hydrogen-bond acceptors (Lipinski definition) is 6. The normalized spacial score (nSPS) is 13.9. The lowest BCUT2D eigenvalue weighted by molar-refractivity contribution is -0.115. The van der Waals surface area contributed by atoms with Crippen LogP contribution in [0.15, 0.2) is 41.5 Å². The predicted octanol–water partition coefficient (Wildman–Crippen LogP) is 4.74. The van der Waals surface area contributed by atoms with E-state index in [1.807, 2.05) is 24.5 Å². The molecular weight excluding hydrogens is 418 g/mol. The minimum absolute atomic E-state index is 0.162. The number of nitrogens with zero attached hydrogens (tertiary/aromatic N) is 2. The number of piperidine rings is 1. The second-order valence-electron chi connectivity index (χ2n) is 7.29. The number of nitrogens with one attached hydrogen (secondary N) is 2. The summed E-state index contributed by atoms with van der Waals surface area (Å²) in [7, 11) is 0. The third kappa shape index (κ3) is 24.3. The third-order valence-electron chi connectivity index (χ3n) is 4.03. The fraction of sp³-hybridized carbons (Fsp3) is 0.600. The lowest BCUT2D eigenvalue weighted by atomic mass is 10.0. The number of rotatable bonds is 7. The number of nitrogens with two attached hydrogens (primary N) is 1. The van der Waals surface area contributed by atoms with Gasteiger partial charge >= 0.3 is 0 Å². The van der Waals surface area contributed by atoms with Crippen LogP contribution in [0.3, 0.4) is 0 Å². The summed E-state index contributed by atoms with van der Waals surface area (Å²) in [5, 5.41) is 5.25. The molecule has 0 bridgehead atoms. The van der Waals surface area contributed by atoms with Crippen molar-refractivity contribution in [2.75, 3.05) is 19.6 Å². The first-order valence-corrected chi connectivity index (χ1v) is 12.5. The fourth-order valence-corrected chi connectivity index (χ4v) is 2.61. The van der Waals surface area contributed by atoms with Crippen molar-refractivity contribution in [2.45, 2.75) is 72.8 Å². The van der Waals surface area contributed by atoms with Gasteiger partial charge in [0.1, 0.15) is 6.04 Å². The summed E-state index contributed by atoms with van der Waals surface area (Å²) in [6.45, 7) is 13.8. The molecular formula is C25H45N5OS. The van der Waals surface area contributed by atoms with Crippen LogP contribution in [0.5, 0.6) is 0 Å². The maximum atomic E-state index is 10.7. The maximum Gasteiger partial charge on any atom is 0.213 e. The maximum absolute atomic E-state index is 10.7. The molecule has 1 aliphatic rings. The highest BCUT2D eigenvalue weighted by Gasteiger charge is 2.05. The van der Waals surface area contributed by atoms with Gasteiger partial charge in [-0.05, 0) is 45.2 Å².